The molecule has 1 heterocycles. The molecule has 0 aliphatic rings. The van der Waals surface area contributed by atoms with Crippen molar-refractivity contribution in [2.75, 3.05) is 0 Å². The number of rotatable bonds is 0. The molecule has 0 spiro atoms. The van der Waals surface area contributed by atoms with E-state index < -0.39 is 0 Å². The fourth-order valence-corrected chi connectivity index (χ4v) is 3.85. The van der Waals surface area contributed by atoms with Crippen LogP contribution in [0, 0.1) is 0 Å². The van der Waals surface area contributed by atoms with Crippen LogP contribution >= 0.6 is 31.9 Å². The fraction of sp³-hybridized carbons (Fsp3) is 0. The van der Waals surface area contributed by atoms with Crippen LogP contribution < -0.4 is 0 Å². The Balaban J connectivity index is 2.36. The maximum Gasteiger partial charge on any atom is 0.0792 e. The van der Waals surface area contributed by atoms with E-state index in [9.17, 15) is 0 Å². The molecule has 1 aromatic heterocycles. The Morgan fingerprint density at radius 3 is 2.15 bits per heavy atom. The number of fused-ring (bicyclic) bond motifs is 5. The molecule has 0 radical (unpaired) electrons. The van der Waals surface area contributed by atoms with E-state index in [4.69, 9.17) is 0 Å². The van der Waals surface area contributed by atoms with Crippen LogP contribution in [-0.4, -0.2) is 4.98 Å². The molecule has 20 heavy (non-hydrogen) atoms. The Morgan fingerprint density at radius 1 is 0.650 bits per heavy atom. The van der Waals surface area contributed by atoms with Gasteiger partial charge in [0.25, 0.3) is 0 Å². The van der Waals surface area contributed by atoms with Gasteiger partial charge in [-0.05, 0) is 34.4 Å². The molecule has 1 nitrogen and oxygen atoms in total. The highest BCUT2D eigenvalue weighted by molar-refractivity contribution is 9.11. The molecule has 96 valence electrons. The van der Waals surface area contributed by atoms with Gasteiger partial charge in [0.2, 0.25) is 0 Å². The zero-order valence-electron chi connectivity index (χ0n) is 10.4. The lowest BCUT2D eigenvalue weighted by molar-refractivity contribution is 1.42. The molecule has 3 aromatic carbocycles. The number of aromatic nitrogens is 1. The van der Waals surface area contributed by atoms with Crippen LogP contribution in [0.2, 0.25) is 0 Å². The first-order valence-corrected chi connectivity index (χ1v) is 7.88. The van der Waals surface area contributed by atoms with Crippen molar-refractivity contribution in [3.8, 4) is 0 Å². The Labute approximate surface area is 132 Å². The second-order valence-corrected chi connectivity index (χ2v) is 6.47. The van der Waals surface area contributed by atoms with Crippen molar-refractivity contribution in [3.05, 3.63) is 63.7 Å². The molecule has 4 aromatic rings. The third kappa shape index (κ3) is 1.70. The van der Waals surface area contributed by atoms with E-state index >= 15 is 0 Å². The van der Waals surface area contributed by atoms with Crippen LogP contribution in [0.5, 0.6) is 0 Å². The summed E-state index contributed by atoms with van der Waals surface area (Å²) in [6.45, 7) is 0. The molecule has 0 fully saturated rings. The lowest BCUT2D eigenvalue weighted by atomic mass is 10.00. The molecule has 0 aliphatic carbocycles. The third-order valence-electron chi connectivity index (χ3n) is 3.63. The monoisotopic (exact) mass is 385 g/mol. The molecule has 3 heteroatoms. The van der Waals surface area contributed by atoms with E-state index in [-0.39, 0.29) is 0 Å². The van der Waals surface area contributed by atoms with Crippen LogP contribution in [0.1, 0.15) is 0 Å². The second kappa shape index (κ2) is 4.54. The van der Waals surface area contributed by atoms with Crippen molar-refractivity contribution in [1.29, 1.82) is 0 Å². The highest BCUT2D eigenvalue weighted by Gasteiger charge is 2.10. The van der Waals surface area contributed by atoms with Crippen molar-refractivity contribution in [2.24, 2.45) is 0 Å². The first kappa shape index (κ1) is 12.3. The van der Waals surface area contributed by atoms with Gasteiger partial charge in [-0.3, -0.25) is 4.98 Å². The number of nitrogens with zero attached hydrogens (tertiary/aromatic N) is 1. The molecule has 0 unspecified atom stereocenters. The topological polar surface area (TPSA) is 12.9 Å². The average Bonchev–Trinajstić information content (AvgIpc) is 2.49. The van der Waals surface area contributed by atoms with Gasteiger partial charge >= 0.3 is 0 Å². The minimum Gasteiger partial charge on any atom is -0.256 e. The standard InChI is InChI=1S/C17H9Br2N/c18-15-9-14-13(10-4-1-2-5-11(10)15)8-16(19)12-6-3-7-20-17(12)14/h1-9H. The number of halogens is 2. The van der Waals surface area contributed by atoms with Crippen molar-refractivity contribution in [3.63, 3.8) is 0 Å². The summed E-state index contributed by atoms with van der Waals surface area (Å²) < 4.78 is 2.19. The zero-order valence-corrected chi connectivity index (χ0v) is 13.6. The highest BCUT2D eigenvalue weighted by Crippen LogP contribution is 2.37. The molecule has 4 rings (SSSR count). The zero-order chi connectivity index (χ0) is 13.7. The molecule has 0 saturated carbocycles. The number of hydrogen-bond donors (Lipinski definition) is 0. The number of hydrogen-bond acceptors (Lipinski definition) is 1. The highest BCUT2D eigenvalue weighted by atomic mass is 79.9. The van der Waals surface area contributed by atoms with Crippen LogP contribution in [-0.2, 0) is 0 Å². The molecular formula is C17H9Br2N. The molecular weight excluding hydrogens is 378 g/mol. The molecule has 0 N–H and O–H groups in total. The van der Waals surface area contributed by atoms with Crippen LogP contribution in [0.3, 0.4) is 0 Å². The smallest absolute Gasteiger partial charge is 0.0792 e. The van der Waals surface area contributed by atoms with E-state index in [0.29, 0.717) is 0 Å². The first-order chi connectivity index (χ1) is 9.75. The summed E-state index contributed by atoms with van der Waals surface area (Å²) in [6.07, 6.45) is 1.84. The van der Waals surface area contributed by atoms with Gasteiger partial charge < -0.3 is 0 Å². The van der Waals surface area contributed by atoms with Crippen LogP contribution in [0.15, 0.2) is 63.7 Å². The predicted molar refractivity (Wildman–Crippen MR) is 92.2 cm³/mol. The van der Waals surface area contributed by atoms with E-state index in [1.165, 1.54) is 21.5 Å². The Kier molecular flexibility index (Phi) is 2.79. The Morgan fingerprint density at radius 2 is 1.30 bits per heavy atom. The molecule has 0 bridgehead atoms. The minimum atomic E-state index is 1.03. The minimum absolute atomic E-state index is 1.03. The maximum atomic E-state index is 4.57. The van der Waals surface area contributed by atoms with Crippen molar-refractivity contribution >= 4 is 64.3 Å². The Hall–Kier alpha value is -1.45. The summed E-state index contributed by atoms with van der Waals surface area (Å²) in [5, 5.41) is 6.01. The molecule has 0 atom stereocenters. The van der Waals surface area contributed by atoms with Gasteiger partial charge in [0.1, 0.15) is 0 Å². The quantitative estimate of drug-likeness (QED) is 0.334. The van der Waals surface area contributed by atoms with Crippen molar-refractivity contribution in [2.45, 2.75) is 0 Å². The summed E-state index contributed by atoms with van der Waals surface area (Å²) >= 11 is 7.35. The van der Waals surface area contributed by atoms with Gasteiger partial charge in [0.15, 0.2) is 0 Å². The summed E-state index contributed by atoms with van der Waals surface area (Å²) in [6, 6.07) is 16.8. The fourth-order valence-electron chi connectivity index (χ4n) is 2.72. The molecule has 0 aliphatic heterocycles. The lowest BCUT2D eigenvalue weighted by Gasteiger charge is -2.10. The van der Waals surface area contributed by atoms with Gasteiger partial charge in [-0.15, -0.1) is 0 Å². The normalized spacial score (nSPS) is 11.5. The predicted octanol–water partition coefficient (Wildman–Crippen LogP) is 6.07. The number of benzene rings is 3. The van der Waals surface area contributed by atoms with Crippen LogP contribution in [0.25, 0.3) is 32.4 Å². The van der Waals surface area contributed by atoms with E-state index in [2.05, 4.69) is 79.3 Å². The van der Waals surface area contributed by atoms with Gasteiger partial charge in [-0.25, -0.2) is 0 Å². The van der Waals surface area contributed by atoms with Gasteiger partial charge in [-0.1, -0.05) is 62.2 Å². The summed E-state index contributed by atoms with van der Waals surface area (Å²) in [4.78, 5) is 4.57. The van der Waals surface area contributed by atoms with Crippen molar-refractivity contribution in [1.82, 2.24) is 4.98 Å². The Bertz CT molecular complexity index is 896. The van der Waals surface area contributed by atoms with Crippen molar-refractivity contribution < 1.29 is 0 Å². The average molecular weight is 387 g/mol. The lowest BCUT2D eigenvalue weighted by Crippen LogP contribution is -1.85. The summed E-state index contributed by atoms with van der Waals surface area (Å²) in [5.41, 5.74) is 1.03. The largest absolute Gasteiger partial charge is 0.256 e. The molecule has 0 saturated heterocycles. The second-order valence-electron chi connectivity index (χ2n) is 4.76. The van der Waals surface area contributed by atoms with E-state index in [1.54, 1.807) is 0 Å². The van der Waals surface area contributed by atoms with Gasteiger partial charge in [0, 0.05) is 25.9 Å². The summed E-state index contributed by atoms with van der Waals surface area (Å²) in [5.74, 6) is 0. The third-order valence-corrected chi connectivity index (χ3v) is 4.94. The SMILES string of the molecule is Brc1cc2c(cc(Br)c3cccnc32)c2ccccc12. The van der Waals surface area contributed by atoms with E-state index in [1.807, 2.05) is 12.3 Å². The molecule has 0 amide bonds. The first-order valence-electron chi connectivity index (χ1n) is 6.30. The van der Waals surface area contributed by atoms with Crippen LogP contribution in [0.4, 0.5) is 0 Å². The van der Waals surface area contributed by atoms with Gasteiger partial charge in [-0.2, -0.15) is 0 Å². The van der Waals surface area contributed by atoms with E-state index in [0.717, 1.165) is 19.8 Å². The number of pyridine rings is 1. The maximum absolute atomic E-state index is 4.57. The summed E-state index contributed by atoms with van der Waals surface area (Å²) in [7, 11) is 0. The van der Waals surface area contributed by atoms with Gasteiger partial charge in [0.05, 0.1) is 5.52 Å².